The molecule has 14 unspecified atom stereocenters. The maximum Gasteiger partial charge on any atom is 0.321 e. The van der Waals surface area contributed by atoms with Crippen molar-refractivity contribution in [2.75, 3.05) is 76.3 Å². The molecule has 21 rings (SSSR count). The number of likely N-dealkylation sites (N-methyl/N-ethyl adjacent to an activating group) is 1. The van der Waals surface area contributed by atoms with Crippen molar-refractivity contribution in [2.45, 2.75) is 241 Å². The molecule has 21 fully saturated rings. The number of aliphatic carboxylic acids is 2. The fourth-order valence-corrected chi connectivity index (χ4v) is 14.7. The number of thioether (sulfide) groups is 2. The molecule has 14 bridgehead atoms. The molecule has 0 aromatic carbocycles. The van der Waals surface area contributed by atoms with Crippen molar-refractivity contribution in [3.8, 4) is 0 Å². The maximum atomic E-state index is 12.9. The number of carboxylic acids is 2. The molecule has 0 saturated carbocycles. The molecule has 0 aliphatic carbocycles. The van der Waals surface area contributed by atoms with Gasteiger partial charge in [0.1, 0.15) is 165 Å². The molecule has 42 heteroatoms. The van der Waals surface area contributed by atoms with Gasteiger partial charge in [-0.3, -0.25) is 14.4 Å². The van der Waals surface area contributed by atoms with Crippen molar-refractivity contribution >= 4 is 47.0 Å². The molecule has 0 aromatic heterocycles. The third kappa shape index (κ3) is 19.8. The number of carbonyl (C=O) groups excluding carboxylic acids is 2. The standard InChI is InChI=1S/C57H91NO39S2/c1-18(64)3-5-83-6-4-20(65)7-19(49(79)80)14-98-16-29-23-8-22(66)51(90-29)92-43-24(9-59)86-53(38(74)32(43)68)94-46-27(12-62)89-56(41(77)35(46)71)97-48-30(17-99-15-21(58-2)50(81)82)91-57(42(78)36(48)72)96-47-28(13-63)88-55(40(76)34(47)70)95-45-26(11-61)87-54(39(75)33(45)69)93-44-25(10-60)85-52(84-23)37(73)31(44)67/h19,21-48,51-63,66-78H,1,3-17H2,2H3,(H-,79,80,81,82)/p+1/t19-,21-,22?,23-,24?,25?,26?,27?,28?,29?,30?,31+,32+,33+,34+,35+,36+,37?,38?,39?,40?,41?,42?,43+,44+,45+,46+,47+,48+,51+,52-,53-,54+,55+,56-,57-/m0/s1. The fraction of sp³-hybridized carbons (Fsp3) is 0.912. The quantitative estimate of drug-likeness (QED) is 0.0315. The van der Waals surface area contributed by atoms with Gasteiger partial charge in [0.15, 0.2) is 44.0 Å². The number of aliphatic hydroxyl groups is 18. The zero-order valence-electron chi connectivity index (χ0n) is 53.1. The molecule has 0 spiro atoms. The van der Waals surface area contributed by atoms with Crippen LogP contribution in [0.25, 0.3) is 0 Å². The van der Waals surface area contributed by atoms with Gasteiger partial charge in [-0.25, -0.2) is 4.79 Å². The fourth-order valence-electron chi connectivity index (χ4n) is 12.3. The minimum absolute atomic E-state index is 0.0117. The highest BCUT2D eigenvalue weighted by molar-refractivity contribution is 7.99. The monoisotopic (exact) mass is 1480 g/mol. The van der Waals surface area contributed by atoms with Crippen molar-refractivity contribution in [3.05, 3.63) is 6.92 Å². The van der Waals surface area contributed by atoms with E-state index in [9.17, 15) is 121 Å². The predicted molar refractivity (Wildman–Crippen MR) is 319 cm³/mol. The number of ketones is 2. The van der Waals surface area contributed by atoms with Gasteiger partial charge in [0.2, 0.25) is 0 Å². The van der Waals surface area contributed by atoms with E-state index in [4.69, 9.17) is 71.1 Å². The second kappa shape index (κ2) is 37.6. The molecule has 21 heterocycles. The summed E-state index contributed by atoms with van der Waals surface area (Å²) in [5.41, 5.74) is 0. The number of ether oxygens (including phenoxy) is 15. The third-order valence-electron chi connectivity index (χ3n) is 18.0. The molecule has 21 aliphatic heterocycles. The van der Waals surface area contributed by atoms with Gasteiger partial charge in [-0.2, -0.15) is 23.5 Å². The summed E-state index contributed by atoms with van der Waals surface area (Å²) in [6.07, 6.45) is -68.6. The van der Waals surface area contributed by atoms with Gasteiger partial charge in [-0.05, 0) is 7.05 Å². The van der Waals surface area contributed by atoms with Crippen molar-refractivity contribution in [2.24, 2.45) is 5.92 Å². The Morgan fingerprint density at radius 3 is 1.07 bits per heavy atom. The van der Waals surface area contributed by atoms with Gasteiger partial charge >= 0.3 is 17.7 Å². The summed E-state index contributed by atoms with van der Waals surface area (Å²) >= 11 is 1.77. The van der Waals surface area contributed by atoms with Gasteiger partial charge in [-0.1, -0.05) is 0 Å². The number of Topliss-reactive ketones (excluding diaryl/α,β-unsaturated/α-hetero) is 2. The molecule has 0 aromatic rings. The van der Waals surface area contributed by atoms with E-state index >= 15 is 0 Å². The smallest absolute Gasteiger partial charge is 0.321 e. The molecule has 21 aliphatic rings. The Kier molecular flexibility index (Phi) is 31.2. The van der Waals surface area contributed by atoms with Gasteiger partial charge in [0.05, 0.1) is 76.9 Å². The van der Waals surface area contributed by atoms with E-state index in [1.54, 1.807) is 0 Å². The number of hydrogen-bond acceptors (Lipinski definition) is 40. The Hall–Kier alpha value is -2.51. The van der Waals surface area contributed by atoms with Crippen molar-refractivity contribution in [1.29, 1.82) is 0 Å². The minimum atomic E-state index is -2.25. The lowest BCUT2D eigenvalue weighted by molar-refractivity contribution is -0.394. The average Bonchev–Trinajstić information content (AvgIpc) is 0.839. The van der Waals surface area contributed by atoms with Crippen LogP contribution in [0, 0.1) is 12.8 Å². The Morgan fingerprint density at radius 1 is 0.414 bits per heavy atom. The Bertz CT molecular complexity index is 2520. The van der Waals surface area contributed by atoms with Crippen molar-refractivity contribution in [1.82, 2.24) is 5.32 Å². The maximum absolute atomic E-state index is 12.9. The zero-order valence-corrected chi connectivity index (χ0v) is 54.7. The van der Waals surface area contributed by atoms with Crippen LogP contribution in [0.4, 0.5) is 0 Å². The van der Waals surface area contributed by atoms with E-state index in [-0.39, 0.29) is 49.1 Å². The highest BCUT2D eigenvalue weighted by atomic mass is 32.2. The van der Waals surface area contributed by atoms with E-state index in [2.05, 4.69) is 12.2 Å². The first-order chi connectivity index (χ1) is 47.1. The second-order valence-corrected chi connectivity index (χ2v) is 27.0. The molecule has 0 radical (unpaired) electrons. The number of nitrogens with one attached hydrogen (secondary N) is 1. The van der Waals surface area contributed by atoms with E-state index in [1.807, 2.05) is 0 Å². The molecule has 21 saturated heterocycles. The number of carbonyl (C=O) groups is 4. The summed E-state index contributed by atoms with van der Waals surface area (Å²) in [7, 11) is 1.36. The summed E-state index contributed by atoms with van der Waals surface area (Å²) < 4.78 is 88.3. The van der Waals surface area contributed by atoms with Crippen LogP contribution in [0.3, 0.4) is 0 Å². The van der Waals surface area contributed by atoms with E-state index < -0.39 is 290 Å². The lowest BCUT2D eigenvalue weighted by Crippen LogP contribution is -2.68. The van der Waals surface area contributed by atoms with Crippen LogP contribution in [0.1, 0.15) is 25.7 Å². The van der Waals surface area contributed by atoms with Crippen LogP contribution >= 0.6 is 23.5 Å². The first-order valence-electron chi connectivity index (χ1n) is 31.9. The predicted octanol–water partition coefficient (Wildman–Crippen LogP) is -12.2. The first-order valence-corrected chi connectivity index (χ1v) is 34.2. The summed E-state index contributed by atoms with van der Waals surface area (Å²) in [6.45, 7) is -2.25. The van der Waals surface area contributed by atoms with Crippen LogP contribution in [-0.2, 0) is 90.2 Å². The summed E-state index contributed by atoms with van der Waals surface area (Å²) in [6, 6.07) is -1.17. The van der Waals surface area contributed by atoms with Crippen molar-refractivity contribution < 1.29 is 192 Å². The molecule has 36 atom stereocenters. The highest BCUT2D eigenvalue weighted by Crippen LogP contribution is 2.40. The van der Waals surface area contributed by atoms with Crippen LogP contribution in [0.5, 0.6) is 0 Å². The van der Waals surface area contributed by atoms with Gasteiger partial charge in [0, 0.05) is 42.3 Å². The van der Waals surface area contributed by atoms with Gasteiger partial charge in [0.25, 0.3) is 0 Å². The molecule has 570 valence electrons. The highest BCUT2D eigenvalue weighted by Gasteiger charge is 2.59. The van der Waals surface area contributed by atoms with E-state index in [0.717, 1.165) is 23.5 Å². The minimum Gasteiger partial charge on any atom is -0.481 e. The Morgan fingerprint density at radius 2 is 0.727 bits per heavy atom. The SMILES string of the molecule is [CH2+]C(=O)CCOCCC(=O)C[C@@H](CSCC1O[C@@H]2O[C@@H]3C(CO)O[C@@H](O[C@@H]4C(CO)O[C@@H](O[C@@H]5C(CSC[C@H](NC)C(=O)O)O[C@@H](O[C@@H]6C(CO)O[C@H](O[C@@H]7C(CO)O[C@H](O[C@@H]8C(CO)O[C@H](O[C@H]1CC2O)C(O)[C@H]8O)C(O)[C@H]7O)C(O)[C@H]6O)C(O)[C@H]5O)C(O)[C@H]4O)C(O)[C@H]3O)C(=O)O. The van der Waals surface area contributed by atoms with Gasteiger partial charge < -0.3 is 179 Å². The topological polar surface area (TPSA) is 623 Å². The molecule has 99 heavy (non-hydrogen) atoms. The largest absolute Gasteiger partial charge is 0.481 e. The first kappa shape index (κ1) is 82.1. The number of aliphatic hydroxyl groups excluding tert-OH is 18. The number of carboxylic acid groups (broad SMARTS) is 2. The van der Waals surface area contributed by atoms with Crippen LogP contribution in [0.2, 0.25) is 0 Å². The molecule has 40 nitrogen and oxygen atoms in total. The normalized spacial score (nSPS) is 45.4. The van der Waals surface area contributed by atoms with Crippen LogP contribution < -0.4 is 5.32 Å². The molecular weight excluding hydrogens is 1390 g/mol. The number of hydrogen-bond donors (Lipinski definition) is 21. The average molecular weight is 1480 g/mol. The van der Waals surface area contributed by atoms with Crippen LogP contribution in [-0.4, -0.2) is 417 Å². The van der Waals surface area contributed by atoms with Crippen molar-refractivity contribution in [3.63, 3.8) is 0 Å². The summed E-state index contributed by atoms with van der Waals surface area (Å²) in [5, 5.41) is 227. The summed E-state index contributed by atoms with van der Waals surface area (Å²) in [4.78, 5) is 48.5. The summed E-state index contributed by atoms with van der Waals surface area (Å²) in [5.74, 6) is -6.01. The lowest BCUT2D eigenvalue weighted by atomic mass is 9.95. The van der Waals surface area contributed by atoms with Crippen LogP contribution in [0.15, 0.2) is 0 Å². The third-order valence-corrected chi connectivity index (χ3v) is 20.3. The Balaban J connectivity index is 1.09. The van der Waals surface area contributed by atoms with E-state index in [0.29, 0.717) is 0 Å². The lowest BCUT2D eigenvalue weighted by Gasteiger charge is -2.50. The molecule has 0 amide bonds. The number of rotatable bonds is 24. The molecule has 21 N–H and O–H groups in total. The second-order valence-electron chi connectivity index (χ2n) is 24.9. The molecular formula is C57H92NO39S2+. The Labute approximate surface area is 572 Å². The van der Waals surface area contributed by atoms with Gasteiger partial charge in [-0.15, -0.1) is 0 Å². The van der Waals surface area contributed by atoms with E-state index in [1.165, 1.54) is 7.05 Å². The zero-order chi connectivity index (χ0) is 72.4.